The summed E-state index contributed by atoms with van der Waals surface area (Å²) in [6.07, 6.45) is 1.39. The molecular formula is C19H17F2N5O2. The minimum atomic E-state index is -1.50. The number of carbonyl (C=O) groups excluding carboxylic acids is 1. The third kappa shape index (κ3) is 3.62. The summed E-state index contributed by atoms with van der Waals surface area (Å²) in [6, 6.07) is 7.08. The molecule has 1 aromatic carbocycles. The topological polar surface area (TPSA) is 113 Å². The molecule has 0 radical (unpaired) electrons. The first kappa shape index (κ1) is 19.2. The van der Waals surface area contributed by atoms with Crippen LogP contribution in [-0.4, -0.2) is 30.2 Å². The molecule has 1 atom stereocenters. The van der Waals surface area contributed by atoms with Crippen molar-refractivity contribution in [2.24, 2.45) is 10.7 Å². The molecule has 2 heterocycles. The molecule has 0 saturated heterocycles. The van der Waals surface area contributed by atoms with Gasteiger partial charge in [-0.25, -0.2) is 18.8 Å². The lowest BCUT2D eigenvalue weighted by molar-refractivity contribution is 0.102. The van der Waals surface area contributed by atoms with Crippen LogP contribution < -0.4 is 11.1 Å². The van der Waals surface area contributed by atoms with E-state index in [0.29, 0.717) is 11.1 Å². The lowest BCUT2D eigenvalue weighted by Crippen LogP contribution is -2.38. The van der Waals surface area contributed by atoms with Gasteiger partial charge >= 0.3 is 0 Å². The molecule has 1 aliphatic heterocycles. The number of hydrogen-bond acceptors (Lipinski definition) is 6. The number of aromatic nitrogens is 1. The van der Waals surface area contributed by atoms with Gasteiger partial charge in [-0.15, -0.1) is 0 Å². The number of hydrogen-bond donors (Lipinski definition) is 2. The predicted octanol–water partition coefficient (Wildman–Crippen LogP) is 2.55. The van der Waals surface area contributed by atoms with Gasteiger partial charge in [0.1, 0.15) is 29.8 Å². The quantitative estimate of drug-likeness (QED) is 0.840. The fourth-order valence-electron chi connectivity index (χ4n) is 3.01. The van der Waals surface area contributed by atoms with Gasteiger partial charge in [0.25, 0.3) is 11.9 Å². The van der Waals surface area contributed by atoms with Gasteiger partial charge in [-0.05, 0) is 36.8 Å². The number of ether oxygens (including phenoxy) is 1. The number of halogens is 2. The number of pyridine rings is 1. The van der Waals surface area contributed by atoms with Gasteiger partial charge in [0.15, 0.2) is 0 Å². The normalized spacial score (nSPS) is 18.6. The van der Waals surface area contributed by atoms with E-state index in [9.17, 15) is 13.6 Å². The van der Waals surface area contributed by atoms with Crippen LogP contribution in [0.2, 0.25) is 0 Å². The zero-order chi connectivity index (χ0) is 20.3. The fraction of sp³-hybridized carbons (Fsp3) is 0.263. The second-order valence-corrected chi connectivity index (χ2v) is 6.36. The molecule has 0 unspecified atom stereocenters. The Hall–Kier alpha value is -3.54. The van der Waals surface area contributed by atoms with Crippen molar-refractivity contribution >= 4 is 17.6 Å². The minimum Gasteiger partial charge on any atom is -0.465 e. The number of aryl methyl sites for hydroxylation is 1. The van der Waals surface area contributed by atoms with Crippen LogP contribution in [0.15, 0.2) is 35.5 Å². The van der Waals surface area contributed by atoms with E-state index in [1.807, 2.05) is 6.07 Å². The molecular weight excluding hydrogens is 368 g/mol. The molecule has 144 valence electrons. The van der Waals surface area contributed by atoms with Crippen molar-refractivity contribution in [3.05, 3.63) is 58.7 Å². The van der Waals surface area contributed by atoms with Crippen LogP contribution in [0, 0.1) is 24.1 Å². The van der Waals surface area contributed by atoms with E-state index in [1.54, 1.807) is 6.92 Å². The SMILES string of the molecule is Cc1cc(C#N)cnc1C(=O)Nc1ccc(F)c([C@]2(CF)CCOC(N)=N2)c1. The number of alkyl halides is 1. The number of nitrogens with one attached hydrogen (secondary N) is 1. The maximum absolute atomic E-state index is 14.4. The Morgan fingerprint density at radius 3 is 2.89 bits per heavy atom. The summed E-state index contributed by atoms with van der Waals surface area (Å²) in [4.78, 5) is 20.5. The minimum absolute atomic E-state index is 0.0245. The number of carbonyl (C=O) groups is 1. The lowest BCUT2D eigenvalue weighted by atomic mass is 9.87. The number of rotatable bonds is 4. The number of anilines is 1. The highest BCUT2D eigenvalue weighted by Gasteiger charge is 2.38. The van der Waals surface area contributed by atoms with Crippen LogP contribution >= 0.6 is 0 Å². The zero-order valence-electron chi connectivity index (χ0n) is 15.0. The molecule has 0 spiro atoms. The summed E-state index contributed by atoms with van der Waals surface area (Å²) in [5, 5.41) is 11.5. The van der Waals surface area contributed by atoms with E-state index in [0.717, 1.165) is 6.07 Å². The number of amides is 1. The largest absolute Gasteiger partial charge is 0.465 e. The second-order valence-electron chi connectivity index (χ2n) is 6.36. The molecule has 1 aliphatic rings. The van der Waals surface area contributed by atoms with Crippen LogP contribution in [0.5, 0.6) is 0 Å². The van der Waals surface area contributed by atoms with Gasteiger partial charge in [0.05, 0.1) is 12.2 Å². The van der Waals surface area contributed by atoms with E-state index in [4.69, 9.17) is 15.7 Å². The van der Waals surface area contributed by atoms with Crippen LogP contribution in [0.4, 0.5) is 14.5 Å². The smallest absolute Gasteiger partial charge is 0.282 e. The monoisotopic (exact) mass is 385 g/mol. The molecule has 0 bridgehead atoms. The molecule has 2 aromatic rings. The van der Waals surface area contributed by atoms with E-state index in [2.05, 4.69) is 15.3 Å². The highest BCUT2D eigenvalue weighted by molar-refractivity contribution is 6.03. The Balaban J connectivity index is 1.93. The summed E-state index contributed by atoms with van der Waals surface area (Å²) in [5.74, 6) is -1.20. The van der Waals surface area contributed by atoms with Gasteiger partial charge in [-0.2, -0.15) is 5.26 Å². The first-order valence-electron chi connectivity index (χ1n) is 8.41. The summed E-state index contributed by atoms with van der Waals surface area (Å²) >= 11 is 0. The Kier molecular flexibility index (Phi) is 5.22. The van der Waals surface area contributed by atoms with Crippen molar-refractivity contribution in [1.29, 1.82) is 5.26 Å². The van der Waals surface area contributed by atoms with Gasteiger partial charge in [-0.1, -0.05) is 0 Å². The zero-order valence-corrected chi connectivity index (χ0v) is 15.0. The Labute approximate surface area is 159 Å². The van der Waals surface area contributed by atoms with E-state index in [1.165, 1.54) is 24.4 Å². The molecule has 28 heavy (non-hydrogen) atoms. The van der Waals surface area contributed by atoms with Crippen molar-refractivity contribution < 1.29 is 18.3 Å². The van der Waals surface area contributed by atoms with Gasteiger partial charge in [0, 0.05) is 23.9 Å². The summed E-state index contributed by atoms with van der Waals surface area (Å²) in [5.41, 5.74) is 5.24. The van der Waals surface area contributed by atoms with Crippen LogP contribution in [0.3, 0.4) is 0 Å². The Morgan fingerprint density at radius 1 is 1.46 bits per heavy atom. The number of aliphatic imine (C=N–C) groups is 1. The predicted molar refractivity (Wildman–Crippen MR) is 97.9 cm³/mol. The highest BCUT2D eigenvalue weighted by Crippen LogP contribution is 2.36. The fourth-order valence-corrected chi connectivity index (χ4v) is 3.01. The maximum atomic E-state index is 14.4. The third-order valence-corrected chi connectivity index (χ3v) is 4.46. The van der Waals surface area contributed by atoms with E-state index in [-0.39, 0.29) is 36.0 Å². The van der Waals surface area contributed by atoms with Crippen molar-refractivity contribution in [2.75, 3.05) is 18.6 Å². The Bertz CT molecular complexity index is 1000. The van der Waals surface area contributed by atoms with E-state index < -0.39 is 23.9 Å². The van der Waals surface area contributed by atoms with Crippen LogP contribution in [-0.2, 0) is 10.3 Å². The van der Waals surface area contributed by atoms with Crippen molar-refractivity contribution in [3.63, 3.8) is 0 Å². The van der Waals surface area contributed by atoms with Crippen LogP contribution in [0.1, 0.15) is 33.6 Å². The van der Waals surface area contributed by atoms with Gasteiger partial charge < -0.3 is 15.8 Å². The molecule has 1 amide bonds. The van der Waals surface area contributed by atoms with Crippen molar-refractivity contribution in [3.8, 4) is 6.07 Å². The summed E-state index contributed by atoms with van der Waals surface area (Å²) < 4.78 is 33.3. The summed E-state index contributed by atoms with van der Waals surface area (Å²) in [6.45, 7) is 0.780. The molecule has 0 fully saturated rings. The van der Waals surface area contributed by atoms with E-state index >= 15 is 0 Å². The molecule has 0 saturated carbocycles. The molecule has 0 aliphatic carbocycles. The second kappa shape index (κ2) is 7.60. The number of nitriles is 1. The first-order valence-corrected chi connectivity index (χ1v) is 8.41. The molecule has 9 heteroatoms. The Morgan fingerprint density at radius 2 is 2.25 bits per heavy atom. The molecule has 1 aromatic heterocycles. The highest BCUT2D eigenvalue weighted by atomic mass is 19.1. The van der Waals surface area contributed by atoms with Gasteiger partial charge in [0.2, 0.25) is 0 Å². The number of nitrogens with zero attached hydrogens (tertiary/aromatic N) is 3. The van der Waals surface area contributed by atoms with Crippen molar-refractivity contribution in [1.82, 2.24) is 4.98 Å². The molecule has 7 nitrogen and oxygen atoms in total. The molecule has 3 rings (SSSR count). The first-order chi connectivity index (χ1) is 13.4. The standard InChI is InChI=1S/C19H17F2N5O2/c1-11-6-12(8-22)9-24-16(11)17(27)25-13-2-3-15(21)14(7-13)19(10-20)4-5-28-18(23)26-19/h2-3,6-7,9H,4-5,10H2,1H3,(H2,23,26)(H,25,27)/t19-/m1/s1. The summed E-state index contributed by atoms with van der Waals surface area (Å²) in [7, 11) is 0. The number of nitrogens with two attached hydrogens (primary N) is 1. The molecule has 3 N–H and O–H groups in total. The van der Waals surface area contributed by atoms with Gasteiger partial charge in [-0.3, -0.25) is 4.79 Å². The maximum Gasteiger partial charge on any atom is 0.282 e. The van der Waals surface area contributed by atoms with Crippen molar-refractivity contribution in [2.45, 2.75) is 18.9 Å². The third-order valence-electron chi connectivity index (χ3n) is 4.46. The van der Waals surface area contributed by atoms with Crippen LogP contribution in [0.25, 0.3) is 0 Å². The number of amidine groups is 1. The average molecular weight is 385 g/mol. The average Bonchev–Trinajstić information content (AvgIpc) is 2.69. The lowest BCUT2D eigenvalue weighted by Gasteiger charge is -2.31. The number of benzene rings is 1.